The molecule has 0 fully saturated rings. The fraction of sp³-hybridized carbons (Fsp3) is 0.250. The monoisotopic (exact) mass is 219 g/mol. The second kappa shape index (κ2) is 4.45. The van der Waals surface area contributed by atoms with Crippen molar-refractivity contribution in [3.8, 4) is 5.69 Å². The number of halogens is 1. The Bertz CT molecular complexity index is 464. The van der Waals surface area contributed by atoms with Gasteiger partial charge in [0.2, 0.25) is 0 Å². The van der Waals surface area contributed by atoms with Crippen molar-refractivity contribution in [3.05, 3.63) is 47.8 Å². The average Bonchev–Trinajstić information content (AvgIpc) is 2.71. The van der Waals surface area contributed by atoms with Crippen LogP contribution in [0.1, 0.15) is 17.4 Å². The van der Waals surface area contributed by atoms with Gasteiger partial charge in [-0.15, -0.1) is 0 Å². The van der Waals surface area contributed by atoms with Crippen LogP contribution in [-0.2, 0) is 0 Å². The zero-order valence-electron chi connectivity index (χ0n) is 9.10. The third kappa shape index (κ3) is 1.84. The SMILES string of the molecule is Cc1cnn(-c2ccccc2)c1C(F)CN. The lowest BCUT2D eigenvalue weighted by Crippen LogP contribution is -2.13. The van der Waals surface area contributed by atoms with Crippen molar-refractivity contribution < 1.29 is 4.39 Å². The van der Waals surface area contributed by atoms with E-state index in [1.54, 1.807) is 10.9 Å². The maximum Gasteiger partial charge on any atom is 0.154 e. The summed E-state index contributed by atoms with van der Waals surface area (Å²) >= 11 is 0. The van der Waals surface area contributed by atoms with Gasteiger partial charge in [0.05, 0.1) is 17.6 Å². The average molecular weight is 219 g/mol. The Balaban J connectivity index is 2.50. The molecule has 1 aromatic carbocycles. The number of para-hydroxylation sites is 1. The summed E-state index contributed by atoms with van der Waals surface area (Å²) in [4.78, 5) is 0. The molecule has 16 heavy (non-hydrogen) atoms. The lowest BCUT2D eigenvalue weighted by molar-refractivity contribution is 0.337. The minimum Gasteiger partial charge on any atom is -0.327 e. The summed E-state index contributed by atoms with van der Waals surface area (Å²) < 4.78 is 15.3. The summed E-state index contributed by atoms with van der Waals surface area (Å²) in [6.07, 6.45) is 0.479. The van der Waals surface area contributed by atoms with Gasteiger partial charge in [-0.25, -0.2) is 9.07 Å². The lowest BCUT2D eigenvalue weighted by atomic mass is 10.2. The molecule has 1 atom stereocenters. The van der Waals surface area contributed by atoms with Gasteiger partial charge < -0.3 is 5.73 Å². The molecule has 1 unspecified atom stereocenters. The number of nitrogens with two attached hydrogens (primary N) is 1. The molecule has 84 valence electrons. The van der Waals surface area contributed by atoms with Gasteiger partial charge in [0.1, 0.15) is 0 Å². The Labute approximate surface area is 93.7 Å². The first kappa shape index (κ1) is 10.8. The Morgan fingerprint density at radius 3 is 2.69 bits per heavy atom. The molecule has 0 aliphatic heterocycles. The van der Waals surface area contributed by atoms with Gasteiger partial charge >= 0.3 is 0 Å². The van der Waals surface area contributed by atoms with E-state index in [2.05, 4.69) is 5.10 Å². The third-order valence-corrected chi connectivity index (χ3v) is 2.50. The van der Waals surface area contributed by atoms with Crippen molar-refractivity contribution in [3.63, 3.8) is 0 Å². The topological polar surface area (TPSA) is 43.8 Å². The predicted octanol–water partition coefficient (Wildman–Crippen LogP) is 2.15. The van der Waals surface area contributed by atoms with Crippen molar-refractivity contribution in [2.24, 2.45) is 5.73 Å². The highest BCUT2D eigenvalue weighted by Gasteiger charge is 2.17. The Hall–Kier alpha value is -1.68. The van der Waals surface area contributed by atoms with Crippen LogP contribution in [0.3, 0.4) is 0 Å². The first-order valence-corrected chi connectivity index (χ1v) is 5.18. The number of hydrogen-bond donors (Lipinski definition) is 1. The van der Waals surface area contributed by atoms with Gasteiger partial charge in [-0.2, -0.15) is 5.10 Å². The molecule has 0 aliphatic rings. The van der Waals surface area contributed by atoms with Crippen LogP contribution in [0.2, 0.25) is 0 Å². The first-order valence-electron chi connectivity index (χ1n) is 5.18. The Morgan fingerprint density at radius 2 is 2.06 bits per heavy atom. The molecule has 0 aliphatic carbocycles. The van der Waals surface area contributed by atoms with Crippen LogP contribution >= 0.6 is 0 Å². The second-order valence-corrected chi connectivity index (χ2v) is 3.66. The van der Waals surface area contributed by atoms with Crippen LogP contribution in [0.25, 0.3) is 5.69 Å². The van der Waals surface area contributed by atoms with E-state index < -0.39 is 6.17 Å². The zero-order chi connectivity index (χ0) is 11.5. The van der Waals surface area contributed by atoms with Gasteiger partial charge in [-0.05, 0) is 24.6 Å². The van der Waals surface area contributed by atoms with Crippen LogP contribution < -0.4 is 5.73 Å². The van der Waals surface area contributed by atoms with Crippen molar-refractivity contribution in [1.29, 1.82) is 0 Å². The van der Waals surface area contributed by atoms with Crippen molar-refractivity contribution >= 4 is 0 Å². The number of rotatable bonds is 3. The van der Waals surface area contributed by atoms with Gasteiger partial charge in [-0.3, -0.25) is 0 Å². The molecule has 2 N–H and O–H groups in total. The number of hydrogen-bond acceptors (Lipinski definition) is 2. The summed E-state index contributed by atoms with van der Waals surface area (Å²) in [7, 11) is 0. The van der Waals surface area contributed by atoms with Crippen molar-refractivity contribution in [2.45, 2.75) is 13.1 Å². The summed E-state index contributed by atoms with van der Waals surface area (Å²) in [5.74, 6) is 0. The maximum atomic E-state index is 13.7. The van der Waals surface area contributed by atoms with Gasteiger partial charge in [-0.1, -0.05) is 18.2 Å². The maximum absolute atomic E-state index is 13.7. The molecule has 4 heteroatoms. The first-order chi connectivity index (χ1) is 7.74. The Morgan fingerprint density at radius 1 is 1.38 bits per heavy atom. The zero-order valence-corrected chi connectivity index (χ0v) is 9.10. The van der Waals surface area contributed by atoms with E-state index in [0.29, 0.717) is 5.69 Å². The van der Waals surface area contributed by atoms with E-state index in [4.69, 9.17) is 5.73 Å². The van der Waals surface area contributed by atoms with E-state index in [9.17, 15) is 4.39 Å². The molecule has 0 saturated carbocycles. The molecule has 2 aromatic rings. The number of aryl methyl sites for hydroxylation is 1. The number of nitrogens with zero attached hydrogens (tertiary/aromatic N) is 2. The summed E-state index contributed by atoms with van der Waals surface area (Å²) in [5, 5.41) is 4.18. The highest BCUT2D eigenvalue weighted by molar-refractivity contribution is 5.35. The normalized spacial score (nSPS) is 12.7. The molecule has 0 bridgehead atoms. The second-order valence-electron chi connectivity index (χ2n) is 3.66. The van der Waals surface area contributed by atoms with E-state index in [1.807, 2.05) is 37.3 Å². The van der Waals surface area contributed by atoms with Crippen LogP contribution in [0, 0.1) is 6.92 Å². The minimum absolute atomic E-state index is 0.0284. The van der Waals surface area contributed by atoms with Crippen LogP contribution in [0.4, 0.5) is 4.39 Å². The van der Waals surface area contributed by atoms with Crippen molar-refractivity contribution in [2.75, 3.05) is 6.54 Å². The molecule has 1 aromatic heterocycles. The van der Waals surface area contributed by atoms with E-state index in [1.165, 1.54) is 0 Å². The molecule has 0 spiro atoms. The van der Waals surface area contributed by atoms with Crippen molar-refractivity contribution in [1.82, 2.24) is 9.78 Å². The fourth-order valence-corrected chi connectivity index (χ4v) is 1.71. The lowest BCUT2D eigenvalue weighted by Gasteiger charge is -2.11. The highest BCUT2D eigenvalue weighted by Crippen LogP contribution is 2.23. The molecule has 2 rings (SSSR count). The summed E-state index contributed by atoms with van der Waals surface area (Å²) in [5.41, 5.74) is 7.57. The third-order valence-electron chi connectivity index (χ3n) is 2.50. The van der Waals surface area contributed by atoms with Gasteiger partial charge in [0.25, 0.3) is 0 Å². The molecular formula is C12H14FN3. The largest absolute Gasteiger partial charge is 0.327 e. The summed E-state index contributed by atoms with van der Waals surface area (Å²) in [6.45, 7) is 1.81. The fourth-order valence-electron chi connectivity index (χ4n) is 1.71. The molecular weight excluding hydrogens is 205 g/mol. The molecule has 0 saturated heterocycles. The van der Waals surface area contributed by atoms with Gasteiger partial charge in [0, 0.05) is 6.54 Å². The molecule has 3 nitrogen and oxygen atoms in total. The molecule has 1 heterocycles. The van der Waals surface area contributed by atoms with Crippen LogP contribution in [0.5, 0.6) is 0 Å². The predicted molar refractivity (Wildman–Crippen MR) is 61.2 cm³/mol. The van der Waals surface area contributed by atoms with Crippen LogP contribution in [0.15, 0.2) is 36.5 Å². The summed E-state index contributed by atoms with van der Waals surface area (Å²) in [6, 6.07) is 9.48. The van der Waals surface area contributed by atoms with Crippen LogP contribution in [-0.4, -0.2) is 16.3 Å². The van der Waals surface area contributed by atoms with E-state index in [0.717, 1.165) is 11.3 Å². The number of aromatic nitrogens is 2. The van der Waals surface area contributed by atoms with E-state index >= 15 is 0 Å². The minimum atomic E-state index is -1.18. The molecule has 0 amide bonds. The highest BCUT2D eigenvalue weighted by atomic mass is 19.1. The number of alkyl halides is 1. The standard InChI is InChI=1S/C12H14FN3/c1-9-8-15-16(12(9)11(13)7-14)10-5-3-2-4-6-10/h2-6,8,11H,7,14H2,1H3. The Kier molecular flexibility index (Phi) is 3.01. The smallest absolute Gasteiger partial charge is 0.154 e. The molecule has 0 radical (unpaired) electrons. The van der Waals surface area contributed by atoms with E-state index in [-0.39, 0.29) is 6.54 Å². The quantitative estimate of drug-likeness (QED) is 0.859. The number of benzene rings is 1. The van der Waals surface area contributed by atoms with Gasteiger partial charge in [0.15, 0.2) is 6.17 Å².